The predicted octanol–water partition coefficient (Wildman–Crippen LogP) is 3.27. The smallest absolute Gasteiger partial charge is 0.260 e. The second-order valence-electron chi connectivity index (χ2n) is 8.19. The topological polar surface area (TPSA) is 122 Å². The number of fused-ring (bicyclic) bond motifs is 1. The third-order valence-corrected chi connectivity index (χ3v) is 6.22. The second kappa shape index (κ2) is 10.8. The maximum Gasteiger partial charge on any atom is 0.260 e. The third-order valence-electron chi connectivity index (χ3n) is 5.90. The van der Waals surface area contributed by atoms with Crippen molar-refractivity contribution in [2.45, 2.75) is 12.6 Å². The lowest BCUT2D eigenvalue weighted by Gasteiger charge is -2.28. The van der Waals surface area contributed by atoms with Gasteiger partial charge in [-0.2, -0.15) is 0 Å². The van der Waals surface area contributed by atoms with Crippen LogP contribution in [0.25, 0.3) is 0 Å². The number of para-hydroxylation sites is 1. The molecule has 1 aliphatic rings. The van der Waals surface area contributed by atoms with E-state index in [2.05, 4.69) is 15.2 Å². The number of pyridine rings is 1. The van der Waals surface area contributed by atoms with Crippen LogP contribution >= 0.6 is 11.6 Å². The van der Waals surface area contributed by atoms with E-state index in [0.717, 1.165) is 5.56 Å². The summed E-state index contributed by atoms with van der Waals surface area (Å²) in [6, 6.07) is 16.6. The average molecular weight is 520 g/mol. The highest BCUT2D eigenvalue weighted by molar-refractivity contribution is 6.34. The van der Waals surface area contributed by atoms with Crippen LogP contribution in [0, 0.1) is 0 Å². The van der Waals surface area contributed by atoms with Gasteiger partial charge in [0.05, 0.1) is 22.9 Å². The number of aliphatic hydroxyl groups is 1. The normalized spacial score (nSPS) is 14.2. The SMILES string of the molecule is O=C(c1ccc(OCCO)cc1Cl)N1CC(=O)N(C(c2ccccn2)c2nnco2)Cc2ccccc21. The van der Waals surface area contributed by atoms with Gasteiger partial charge in [-0.1, -0.05) is 35.9 Å². The third kappa shape index (κ3) is 5.02. The molecule has 0 saturated carbocycles. The summed E-state index contributed by atoms with van der Waals surface area (Å²) in [6.07, 6.45) is 2.83. The van der Waals surface area contributed by atoms with Gasteiger partial charge in [0.1, 0.15) is 18.9 Å². The predicted molar refractivity (Wildman–Crippen MR) is 133 cm³/mol. The number of hydrogen-bond donors (Lipinski definition) is 1. The van der Waals surface area contributed by atoms with E-state index in [1.807, 2.05) is 18.2 Å². The van der Waals surface area contributed by atoms with Crippen LogP contribution in [0.15, 0.2) is 77.7 Å². The van der Waals surface area contributed by atoms with Crippen LogP contribution in [0.1, 0.15) is 33.5 Å². The summed E-state index contributed by atoms with van der Waals surface area (Å²) in [4.78, 5) is 34.9. The van der Waals surface area contributed by atoms with Gasteiger partial charge < -0.3 is 19.2 Å². The summed E-state index contributed by atoms with van der Waals surface area (Å²) in [5.74, 6) is -0.136. The number of hydrogen-bond acceptors (Lipinski definition) is 8. The van der Waals surface area contributed by atoms with Crippen LogP contribution < -0.4 is 9.64 Å². The molecule has 4 aromatic rings. The van der Waals surface area contributed by atoms with E-state index in [1.165, 1.54) is 17.4 Å². The molecule has 10 nitrogen and oxygen atoms in total. The summed E-state index contributed by atoms with van der Waals surface area (Å²) in [5, 5.41) is 17.0. The van der Waals surface area contributed by atoms with Gasteiger partial charge in [0.15, 0.2) is 6.04 Å². The van der Waals surface area contributed by atoms with E-state index in [4.69, 9.17) is 25.9 Å². The average Bonchev–Trinajstić information content (AvgIpc) is 3.40. The molecule has 188 valence electrons. The summed E-state index contributed by atoms with van der Waals surface area (Å²) in [6.45, 7) is -0.105. The van der Waals surface area contributed by atoms with Crippen LogP contribution in [-0.4, -0.2) is 56.8 Å². The van der Waals surface area contributed by atoms with E-state index in [-0.39, 0.29) is 48.7 Å². The van der Waals surface area contributed by atoms with Crippen molar-refractivity contribution in [3.63, 3.8) is 0 Å². The quantitative estimate of drug-likeness (QED) is 0.395. The van der Waals surface area contributed by atoms with Gasteiger partial charge in [-0.3, -0.25) is 19.5 Å². The molecule has 2 aromatic carbocycles. The zero-order valence-corrected chi connectivity index (χ0v) is 20.3. The number of aromatic nitrogens is 3. The highest BCUT2D eigenvalue weighted by atomic mass is 35.5. The number of amides is 2. The number of rotatable bonds is 7. The molecule has 3 heterocycles. The lowest BCUT2D eigenvalue weighted by Crippen LogP contribution is -2.42. The molecule has 5 rings (SSSR count). The summed E-state index contributed by atoms with van der Waals surface area (Å²) in [5.41, 5.74) is 2.11. The fraction of sp³-hybridized carbons (Fsp3) is 0.192. The number of anilines is 1. The van der Waals surface area contributed by atoms with Gasteiger partial charge in [-0.25, -0.2) is 0 Å². The van der Waals surface area contributed by atoms with Crippen LogP contribution in [0.3, 0.4) is 0 Å². The summed E-state index contributed by atoms with van der Waals surface area (Å²) >= 11 is 6.43. The molecule has 0 bridgehead atoms. The number of nitrogens with zero attached hydrogens (tertiary/aromatic N) is 5. The van der Waals surface area contributed by atoms with E-state index in [0.29, 0.717) is 17.1 Å². The van der Waals surface area contributed by atoms with Crippen LogP contribution in [0.5, 0.6) is 5.75 Å². The number of benzene rings is 2. The Morgan fingerprint density at radius 1 is 1.14 bits per heavy atom. The largest absolute Gasteiger partial charge is 0.491 e. The summed E-state index contributed by atoms with van der Waals surface area (Å²) < 4.78 is 10.9. The molecular formula is C26H22ClN5O5. The molecule has 0 fully saturated rings. The molecule has 37 heavy (non-hydrogen) atoms. The Labute approximate surface area is 217 Å². The number of halogens is 1. The molecular weight excluding hydrogens is 498 g/mol. The van der Waals surface area contributed by atoms with Crippen molar-refractivity contribution in [3.05, 3.63) is 101 Å². The Morgan fingerprint density at radius 3 is 2.70 bits per heavy atom. The Hall–Kier alpha value is -4.28. The van der Waals surface area contributed by atoms with Crippen LogP contribution in [0.2, 0.25) is 5.02 Å². The Bertz CT molecular complexity index is 1400. The first-order chi connectivity index (χ1) is 18.1. The Kier molecular flexibility index (Phi) is 7.11. The van der Waals surface area contributed by atoms with Gasteiger partial charge in [-0.15, -0.1) is 10.2 Å². The van der Waals surface area contributed by atoms with Gasteiger partial charge >= 0.3 is 0 Å². The molecule has 1 N–H and O–H groups in total. The molecule has 0 saturated heterocycles. The highest BCUT2D eigenvalue weighted by Gasteiger charge is 2.37. The standard InChI is InChI=1S/C26H22ClN5O5/c27-20-13-18(36-12-11-33)8-9-19(20)26(35)31-15-23(34)32(14-17-5-1-2-7-22(17)31)24(25-30-29-16-37-25)21-6-3-4-10-28-21/h1-10,13,16,24,33H,11-12,14-15H2. The monoisotopic (exact) mass is 519 g/mol. The van der Waals surface area contributed by atoms with Gasteiger partial charge in [-0.05, 0) is 42.0 Å². The van der Waals surface area contributed by atoms with Crippen LogP contribution in [0.4, 0.5) is 5.69 Å². The Balaban J connectivity index is 1.52. The fourth-order valence-electron chi connectivity index (χ4n) is 4.23. The van der Waals surface area contributed by atoms with E-state index in [9.17, 15) is 9.59 Å². The zero-order valence-electron chi connectivity index (χ0n) is 19.5. The van der Waals surface area contributed by atoms with Crippen molar-refractivity contribution in [2.75, 3.05) is 24.7 Å². The molecule has 11 heteroatoms. The van der Waals surface area contributed by atoms with Crippen molar-refractivity contribution >= 4 is 29.1 Å². The van der Waals surface area contributed by atoms with E-state index < -0.39 is 11.9 Å². The van der Waals surface area contributed by atoms with Crippen molar-refractivity contribution in [1.29, 1.82) is 0 Å². The minimum atomic E-state index is -0.745. The molecule has 2 aromatic heterocycles. The highest BCUT2D eigenvalue weighted by Crippen LogP contribution is 2.34. The summed E-state index contributed by atoms with van der Waals surface area (Å²) in [7, 11) is 0. The number of aliphatic hydroxyl groups excluding tert-OH is 1. The molecule has 1 aliphatic heterocycles. The molecule has 2 amide bonds. The first kappa shape index (κ1) is 24.4. The maximum atomic E-state index is 13.7. The number of carbonyl (C=O) groups is 2. The van der Waals surface area contributed by atoms with Crippen molar-refractivity contribution in [2.24, 2.45) is 0 Å². The van der Waals surface area contributed by atoms with Gasteiger partial charge in [0, 0.05) is 18.4 Å². The lowest BCUT2D eigenvalue weighted by atomic mass is 10.1. The molecule has 1 unspecified atom stereocenters. The van der Waals surface area contributed by atoms with Crippen LogP contribution in [-0.2, 0) is 11.3 Å². The van der Waals surface area contributed by atoms with Gasteiger partial charge in [0.25, 0.3) is 5.91 Å². The Morgan fingerprint density at radius 2 is 1.97 bits per heavy atom. The molecule has 0 spiro atoms. The molecule has 0 radical (unpaired) electrons. The van der Waals surface area contributed by atoms with Crippen molar-refractivity contribution in [3.8, 4) is 5.75 Å². The molecule has 1 atom stereocenters. The lowest BCUT2D eigenvalue weighted by molar-refractivity contribution is -0.132. The second-order valence-corrected chi connectivity index (χ2v) is 8.60. The maximum absolute atomic E-state index is 13.7. The number of carbonyl (C=O) groups excluding carboxylic acids is 2. The first-order valence-electron chi connectivity index (χ1n) is 11.5. The zero-order chi connectivity index (χ0) is 25.8. The number of ether oxygens (including phenoxy) is 1. The van der Waals surface area contributed by atoms with E-state index >= 15 is 0 Å². The first-order valence-corrected chi connectivity index (χ1v) is 11.8. The van der Waals surface area contributed by atoms with E-state index in [1.54, 1.807) is 47.5 Å². The van der Waals surface area contributed by atoms with Crippen molar-refractivity contribution < 1.29 is 23.8 Å². The minimum Gasteiger partial charge on any atom is -0.491 e. The minimum absolute atomic E-state index is 0.102. The molecule has 0 aliphatic carbocycles. The fourth-order valence-corrected chi connectivity index (χ4v) is 4.48. The van der Waals surface area contributed by atoms with Crippen molar-refractivity contribution in [1.82, 2.24) is 20.1 Å². The van der Waals surface area contributed by atoms with Gasteiger partial charge in [0.2, 0.25) is 18.2 Å².